The van der Waals surface area contributed by atoms with Crippen molar-refractivity contribution in [1.82, 2.24) is 15.1 Å². The van der Waals surface area contributed by atoms with Crippen LogP contribution in [0.3, 0.4) is 0 Å². The van der Waals surface area contributed by atoms with E-state index in [9.17, 15) is 9.59 Å². The van der Waals surface area contributed by atoms with Gasteiger partial charge in [-0.25, -0.2) is 4.79 Å². The van der Waals surface area contributed by atoms with Crippen molar-refractivity contribution in [2.75, 3.05) is 31.5 Å². The molecule has 2 aliphatic heterocycles. The number of rotatable bonds is 2. The van der Waals surface area contributed by atoms with Gasteiger partial charge in [0, 0.05) is 43.2 Å². The highest BCUT2D eigenvalue weighted by molar-refractivity contribution is 6.35. The van der Waals surface area contributed by atoms with Crippen LogP contribution in [-0.4, -0.2) is 54.0 Å². The third-order valence-corrected chi connectivity index (χ3v) is 9.82. The molecule has 3 saturated carbocycles. The largest absolute Gasteiger partial charge is 0.450 e. The van der Waals surface area contributed by atoms with Crippen LogP contribution < -0.4 is 10.6 Å². The molecule has 2 bridgehead atoms. The number of anilines is 1. The molecule has 8 heteroatoms. The van der Waals surface area contributed by atoms with E-state index in [4.69, 9.17) is 16.0 Å². The number of carbonyl (C=O) groups is 2. The molecule has 1 aromatic carbocycles. The first kappa shape index (κ1) is 25.1. The van der Waals surface area contributed by atoms with E-state index in [1.54, 1.807) is 0 Å². The van der Waals surface area contributed by atoms with Crippen LogP contribution in [0.15, 0.2) is 16.5 Å². The molecule has 200 valence electrons. The van der Waals surface area contributed by atoms with Crippen LogP contribution in [0.25, 0.3) is 11.0 Å². The molecule has 3 amide bonds. The predicted octanol–water partition coefficient (Wildman–Crippen LogP) is 6.35. The molecule has 4 fully saturated rings. The molecular weight excluding hydrogens is 488 g/mol. The lowest BCUT2D eigenvalue weighted by Gasteiger charge is -2.42. The SMILES string of the molecule is CC.O=C1Nc2c(Cl)cc3cc(C(=O)N4CCN(C5CC6CCC5C6)CC4)oc3c2C2(CCCCC2)N1. The monoisotopic (exact) mass is 526 g/mol. The zero-order valence-corrected chi connectivity index (χ0v) is 22.8. The van der Waals surface area contributed by atoms with Gasteiger partial charge in [0.25, 0.3) is 5.91 Å². The molecule has 3 aliphatic carbocycles. The highest BCUT2D eigenvalue weighted by Gasteiger charge is 2.45. The second-order valence-corrected chi connectivity index (χ2v) is 11.8. The molecule has 7 rings (SSSR count). The summed E-state index contributed by atoms with van der Waals surface area (Å²) in [6.07, 6.45) is 10.5. The van der Waals surface area contributed by atoms with Gasteiger partial charge in [-0.1, -0.05) is 51.1 Å². The molecule has 7 nitrogen and oxygen atoms in total. The summed E-state index contributed by atoms with van der Waals surface area (Å²) in [6.45, 7) is 7.37. The number of hydrogen-bond acceptors (Lipinski definition) is 4. The van der Waals surface area contributed by atoms with Crippen LogP contribution in [-0.2, 0) is 5.54 Å². The number of piperazine rings is 1. The normalized spacial score (nSPS) is 28.5. The quantitative estimate of drug-likeness (QED) is 0.477. The lowest BCUT2D eigenvalue weighted by atomic mass is 9.74. The van der Waals surface area contributed by atoms with Crippen LogP contribution in [0.2, 0.25) is 5.02 Å². The molecule has 5 aliphatic rings. The minimum absolute atomic E-state index is 0.0517. The summed E-state index contributed by atoms with van der Waals surface area (Å²) in [6, 6.07) is 4.14. The van der Waals surface area contributed by atoms with Crippen molar-refractivity contribution < 1.29 is 14.0 Å². The fraction of sp³-hybridized carbons (Fsp3) is 0.655. The van der Waals surface area contributed by atoms with Crippen molar-refractivity contribution in [3.63, 3.8) is 0 Å². The number of amides is 3. The zero-order valence-electron chi connectivity index (χ0n) is 22.1. The van der Waals surface area contributed by atoms with E-state index in [-0.39, 0.29) is 11.9 Å². The maximum atomic E-state index is 13.5. The third-order valence-electron chi connectivity index (χ3n) is 9.52. The minimum Gasteiger partial charge on any atom is -0.450 e. The Hall–Kier alpha value is -2.25. The van der Waals surface area contributed by atoms with Gasteiger partial charge in [0.2, 0.25) is 0 Å². The number of nitrogens with zero attached hydrogens (tertiary/aromatic N) is 2. The van der Waals surface area contributed by atoms with Crippen molar-refractivity contribution in [3.8, 4) is 0 Å². The topological polar surface area (TPSA) is 77.8 Å². The molecule has 2 N–H and O–H groups in total. The second kappa shape index (κ2) is 9.81. The lowest BCUT2D eigenvalue weighted by molar-refractivity contribution is 0.0473. The fourth-order valence-corrected chi connectivity index (χ4v) is 8.12. The summed E-state index contributed by atoms with van der Waals surface area (Å²) >= 11 is 6.65. The Morgan fingerprint density at radius 2 is 1.81 bits per heavy atom. The Kier molecular flexibility index (Phi) is 6.64. The Labute approximate surface area is 224 Å². The number of carbonyl (C=O) groups excluding carboxylic acids is 2. The molecule has 1 saturated heterocycles. The molecular formula is C29H39ClN4O3. The van der Waals surface area contributed by atoms with Gasteiger partial charge in [0.1, 0.15) is 5.58 Å². The predicted molar refractivity (Wildman–Crippen MR) is 146 cm³/mol. The average Bonchev–Trinajstić information content (AvgIpc) is 3.66. The van der Waals surface area contributed by atoms with Gasteiger partial charge in [0.15, 0.2) is 5.76 Å². The summed E-state index contributed by atoms with van der Waals surface area (Å²) in [7, 11) is 0. The standard InChI is InChI=1S/C27H33ClN4O3.C2H6/c28-19-14-18-15-21(25(33)32-10-8-31(9-11-32)20-13-16-4-5-17(20)12-16)35-24(18)22-23(19)29-26(34)30-27(22)6-2-1-3-7-27;1-2/h14-17,20H,1-13H2,(H2,29,30,34);1-2H3. The van der Waals surface area contributed by atoms with E-state index in [0.29, 0.717) is 22.1 Å². The van der Waals surface area contributed by atoms with Gasteiger partial charge in [-0.05, 0) is 56.1 Å². The minimum atomic E-state index is -0.496. The van der Waals surface area contributed by atoms with Crippen LogP contribution in [0.1, 0.15) is 87.8 Å². The Morgan fingerprint density at radius 1 is 1.05 bits per heavy atom. The van der Waals surface area contributed by atoms with E-state index in [1.165, 1.54) is 25.7 Å². The number of fused-ring (bicyclic) bond motifs is 6. The molecule has 1 aromatic heterocycles. The van der Waals surface area contributed by atoms with Gasteiger partial charge in [-0.2, -0.15) is 0 Å². The van der Waals surface area contributed by atoms with Gasteiger partial charge in [-0.3, -0.25) is 9.69 Å². The smallest absolute Gasteiger partial charge is 0.319 e. The van der Waals surface area contributed by atoms with E-state index in [0.717, 1.165) is 87.1 Å². The summed E-state index contributed by atoms with van der Waals surface area (Å²) < 4.78 is 6.31. The van der Waals surface area contributed by atoms with Crippen molar-refractivity contribution >= 4 is 40.2 Å². The highest BCUT2D eigenvalue weighted by atomic mass is 35.5. The Balaban J connectivity index is 0.00000123. The molecule has 1 spiro atoms. The number of benzene rings is 1. The first-order valence-electron chi connectivity index (χ1n) is 14.4. The van der Waals surface area contributed by atoms with E-state index >= 15 is 0 Å². The van der Waals surface area contributed by atoms with E-state index in [2.05, 4.69) is 15.5 Å². The first-order valence-corrected chi connectivity index (χ1v) is 14.8. The van der Waals surface area contributed by atoms with E-state index < -0.39 is 5.54 Å². The number of nitrogens with one attached hydrogen (secondary N) is 2. The summed E-state index contributed by atoms with van der Waals surface area (Å²) in [5, 5.41) is 7.39. The first-order chi connectivity index (χ1) is 18.0. The lowest BCUT2D eigenvalue weighted by Crippen LogP contribution is -2.53. The van der Waals surface area contributed by atoms with Gasteiger partial charge < -0.3 is 20.0 Å². The number of furan rings is 1. The summed E-state index contributed by atoms with van der Waals surface area (Å²) in [5.74, 6) is 2.12. The molecule has 37 heavy (non-hydrogen) atoms. The van der Waals surface area contributed by atoms with Crippen molar-refractivity contribution in [2.24, 2.45) is 11.8 Å². The Morgan fingerprint density at radius 3 is 2.49 bits per heavy atom. The van der Waals surface area contributed by atoms with Crippen LogP contribution in [0, 0.1) is 11.8 Å². The van der Waals surface area contributed by atoms with Crippen molar-refractivity contribution in [2.45, 2.75) is 83.2 Å². The Bertz CT molecular complexity index is 1200. The van der Waals surface area contributed by atoms with Crippen molar-refractivity contribution in [3.05, 3.63) is 28.5 Å². The van der Waals surface area contributed by atoms with Gasteiger partial charge in [0.05, 0.1) is 16.2 Å². The molecule has 3 atom stereocenters. The van der Waals surface area contributed by atoms with Crippen LogP contribution >= 0.6 is 11.6 Å². The van der Waals surface area contributed by atoms with Gasteiger partial charge >= 0.3 is 6.03 Å². The number of halogens is 1. The molecule has 0 radical (unpaired) electrons. The second-order valence-electron chi connectivity index (χ2n) is 11.4. The van der Waals surface area contributed by atoms with Crippen molar-refractivity contribution in [1.29, 1.82) is 0 Å². The maximum absolute atomic E-state index is 13.5. The maximum Gasteiger partial charge on any atom is 0.319 e. The van der Waals surface area contributed by atoms with E-state index in [1.807, 2.05) is 30.9 Å². The van der Waals surface area contributed by atoms with Crippen LogP contribution in [0.4, 0.5) is 10.5 Å². The van der Waals surface area contributed by atoms with Crippen LogP contribution in [0.5, 0.6) is 0 Å². The molecule has 2 aromatic rings. The summed E-state index contributed by atoms with van der Waals surface area (Å²) in [4.78, 5) is 30.6. The molecule has 3 unspecified atom stereocenters. The average molecular weight is 527 g/mol. The summed E-state index contributed by atoms with van der Waals surface area (Å²) in [5.41, 5.74) is 1.70. The molecule has 3 heterocycles. The highest BCUT2D eigenvalue weighted by Crippen LogP contribution is 2.49. The number of hydrogen-bond donors (Lipinski definition) is 2. The van der Waals surface area contributed by atoms with Gasteiger partial charge in [-0.15, -0.1) is 0 Å². The zero-order chi connectivity index (χ0) is 25.7. The third kappa shape index (κ3) is 4.22. The number of urea groups is 1. The fourth-order valence-electron chi connectivity index (χ4n) is 7.86.